The molecule has 6 heterocycles. The smallest absolute Gasteiger partial charge is 0.275 e. The minimum Gasteiger partial charge on any atom is -0.381 e. The van der Waals surface area contributed by atoms with Gasteiger partial charge >= 0.3 is 0 Å². The molecule has 4 fully saturated rings. The first-order valence-electron chi connectivity index (χ1n) is 13.8. The number of amides is 1. The van der Waals surface area contributed by atoms with Gasteiger partial charge in [0.05, 0.1) is 29.6 Å². The first-order chi connectivity index (χ1) is 19.1. The van der Waals surface area contributed by atoms with E-state index in [2.05, 4.69) is 45.5 Å². The molecule has 1 amide bonds. The van der Waals surface area contributed by atoms with Crippen LogP contribution in [0.3, 0.4) is 0 Å². The summed E-state index contributed by atoms with van der Waals surface area (Å²) in [7, 11) is 0. The quantitative estimate of drug-likeness (QED) is 0.362. The van der Waals surface area contributed by atoms with Crippen LogP contribution in [0.4, 0.5) is 11.5 Å². The van der Waals surface area contributed by atoms with Crippen molar-refractivity contribution in [1.82, 2.24) is 29.1 Å². The van der Waals surface area contributed by atoms with Crippen LogP contribution in [-0.4, -0.2) is 61.3 Å². The second-order valence-corrected chi connectivity index (χ2v) is 12.2. The molecule has 10 nitrogen and oxygen atoms in total. The number of carbonyl (C=O) groups is 1. The van der Waals surface area contributed by atoms with E-state index in [1.807, 2.05) is 36.4 Å². The van der Waals surface area contributed by atoms with Gasteiger partial charge in [-0.3, -0.25) is 4.79 Å². The number of imidazole rings is 2. The minimum absolute atomic E-state index is 0.280. The topological polar surface area (TPSA) is 103 Å². The van der Waals surface area contributed by atoms with E-state index in [9.17, 15) is 4.79 Å². The van der Waals surface area contributed by atoms with Gasteiger partial charge in [-0.15, -0.1) is 11.3 Å². The minimum atomic E-state index is -0.280. The van der Waals surface area contributed by atoms with Crippen molar-refractivity contribution in [3.05, 3.63) is 53.9 Å². The van der Waals surface area contributed by atoms with Gasteiger partial charge in [0, 0.05) is 67.6 Å². The highest BCUT2D eigenvalue weighted by Gasteiger charge is 2.44. The van der Waals surface area contributed by atoms with Crippen molar-refractivity contribution in [3.63, 3.8) is 0 Å². The number of aromatic nitrogens is 6. The Morgan fingerprint density at radius 1 is 1.08 bits per heavy atom. The second kappa shape index (κ2) is 8.99. The summed E-state index contributed by atoms with van der Waals surface area (Å²) in [6.45, 7) is 3.65. The van der Waals surface area contributed by atoms with Crippen molar-refractivity contribution < 1.29 is 9.53 Å². The van der Waals surface area contributed by atoms with Crippen LogP contribution in [0.2, 0.25) is 0 Å². The lowest BCUT2D eigenvalue weighted by atomic mass is 9.73. The van der Waals surface area contributed by atoms with E-state index < -0.39 is 0 Å². The maximum atomic E-state index is 13.3. The lowest BCUT2D eigenvalue weighted by Crippen LogP contribution is -2.58. The Bertz CT molecular complexity index is 1530. The van der Waals surface area contributed by atoms with E-state index in [0.29, 0.717) is 28.9 Å². The fraction of sp³-hybridized carbons (Fsp3) is 0.464. The Hall–Kier alpha value is -3.57. The molecule has 39 heavy (non-hydrogen) atoms. The number of thiazole rings is 1. The van der Waals surface area contributed by atoms with E-state index in [1.165, 1.54) is 37.0 Å². The summed E-state index contributed by atoms with van der Waals surface area (Å²) in [6.07, 6.45) is 16.6. The molecule has 2 aliphatic heterocycles. The number of hydrogen-bond donors (Lipinski definition) is 1. The summed E-state index contributed by atoms with van der Waals surface area (Å²) in [6, 6.07) is 2.40. The molecular weight excluding hydrogens is 512 g/mol. The summed E-state index contributed by atoms with van der Waals surface area (Å²) in [5.74, 6) is 1.65. The van der Waals surface area contributed by atoms with Gasteiger partial charge in [0.15, 0.2) is 10.8 Å². The van der Waals surface area contributed by atoms with Gasteiger partial charge < -0.3 is 24.1 Å². The maximum absolute atomic E-state index is 13.3. The van der Waals surface area contributed by atoms with Gasteiger partial charge in [-0.05, 0) is 44.6 Å². The predicted octanol–water partition coefficient (Wildman–Crippen LogP) is 4.67. The molecule has 0 atom stereocenters. The van der Waals surface area contributed by atoms with Crippen LogP contribution in [0, 0.1) is 5.41 Å². The highest BCUT2D eigenvalue weighted by Crippen LogP contribution is 2.44. The average Bonchev–Trinajstić information content (AvgIpc) is 3.82. The average molecular weight is 543 g/mol. The van der Waals surface area contributed by atoms with Gasteiger partial charge in [0.2, 0.25) is 0 Å². The molecule has 200 valence electrons. The van der Waals surface area contributed by atoms with Gasteiger partial charge in [0.25, 0.3) is 5.91 Å². The lowest BCUT2D eigenvalue weighted by molar-refractivity contribution is -0.000212. The number of nitrogens with zero attached hydrogens (tertiary/aromatic N) is 7. The third-order valence-corrected chi connectivity index (χ3v) is 9.30. The molecule has 2 saturated carbocycles. The molecule has 4 aromatic rings. The Labute approximate surface area is 230 Å². The van der Waals surface area contributed by atoms with Gasteiger partial charge in [0.1, 0.15) is 11.5 Å². The van der Waals surface area contributed by atoms with Crippen LogP contribution in [0.15, 0.2) is 42.6 Å². The Kier molecular flexibility index (Phi) is 5.38. The van der Waals surface area contributed by atoms with Crippen molar-refractivity contribution >= 4 is 28.7 Å². The van der Waals surface area contributed by atoms with Crippen LogP contribution in [0.1, 0.15) is 66.7 Å². The summed E-state index contributed by atoms with van der Waals surface area (Å²) >= 11 is 1.49. The molecule has 11 heteroatoms. The van der Waals surface area contributed by atoms with E-state index in [0.717, 1.165) is 67.0 Å². The fourth-order valence-electron chi connectivity index (χ4n) is 5.87. The zero-order chi connectivity index (χ0) is 26.0. The van der Waals surface area contributed by atoms with Gasteiger partial charge in [-0.2, -0.15) is 0 Å². The fourth-order valence-corrected chi connectivity index (χ4v) is 6.62. The van der Waals surface area contributed by atoms with Crippen molar-refractivity contribution in [2.24, 2.45) is 5.41 Å². The molecule has 0 aromatic carbocycles. The predicted molar refractivity (Wildman–Crippen MR) is 148 cm³/mol. The Morgan fingerprint density at radius 3 is 2.72 bits per heavy atom. The van der Waals surface area contributed by atoms with Crippen molar-refractivity contribution in [3.8, 4) is 16.5 Å². The number of carbonyl (C=O) groups excluding carboxylic acids is 1. The van der Waals surface area contributed by atoms with Crippen molar-refractivity contribution in [1.29, 1.82) is 0 Å². The molecule has 0 unspecified atom stereocenters. The number of nitrogens with one attached hydrogen (secondary N) is 1. The number of rotatable bonds is 7. The van der Waals surface area contributed by atoms with Crippen LogP contribution >= 0.6 is 11.3 Å². The van der Waals surface area contributed by atoms with Crippen LogP contribution < -0.4 is 10.2 Å². The standard InChI is InChI=1S/C28H30N8O2S/c37-26(32-24-14-39-27(33-24)25-29-7-8-36(25)19-3-4-19)20-11-22(34-13-21(31-17-34)18-1-2-18)23(12-30-20)35-15-28(16-35)5-9-38-10-6-28/h7-8,11-14,17-19H,1-6,9-10,15-16H2,(H,32,37). The van der Waals surface area contributed by atoms with E-state index >= 15 is 0 Å². The number of hydrogen-bond acceptors (Lipinski definition) is 8. The van der Waals surface area contributed by atoms with E-state index in [1.54, 1.807) is 0 Å². The Morgan fingerprint density at radius 2 is 1.92 bits per heavy atom. The second-order valence-electron chi connectivity index (χ2n) is 11.4. The third kappa shape index (κ3) is 4.33. The summed E-state index contributed by atoms with van der Waals surface area (Å²) < 4.78 is 9.83. The largest absolute Gasteiger partial charge is 0.381 e. The van der Waals surface area contributed by atoms with Crippen LogP contribution in [0.25, 0.3) is 16.5 Å². The number of anilines is 2. The van der Waals surface area contributed by atoms with E-state index in [-0.39, 0.29) is 5.91 Å². The van der Waals surface area contributed by atoms with Crippen LogP contribution in [0.5, 0.6) is 0 Å². The molecule has 1 spiro atoms. The van der Waals surface area contributed by atoms with E-state index in [4.69, 9.17) is 4.74 Å². The molecule has 0 bridgehead atoms. The molecule has 1 N–H and O–H groups in total. The van der Waals surface area contributed by atoms with Crippen LogP contribution in [-0.2, 0) is 4.74 Å². The molecular formula is C28H30N8O2S. The van der Waals surface area contributed by atoms with Gasteiger partial charge in [-0.25, -0.2) is 19.9 Å². The van der Waals surface area contributed by atoms with Crippen molar-refractivity contribution in [2.45, 2.75) is 50.5 Å². The first kappa shape index (κ1) is 23.3. The normalized spacial score (nSPS) is 20.3. The molecule has 0 radical (unpaired) electrons. The zero-order valence-electron chi connectivity index (χ0n) is 21.6. The number of pyridine rings is 1. The molecule has 2 aliphatic carbocycles. The Balaban J connectivity index is 1.06. The third-order valence-electron chi connectivity index (χ3n) is 8.46. The maximum Gasteiger partial charge on any atom is 0.275 e. The highest BCUT2D eigenvalue weighted by molar-refractivity contribution is 7.13. The summed E-state index contributed by atoms with van der Waals surface area (Å²) in [5.41, 5.74) is 3.77. The zero-order valence-corrected chi connectivity index (χ0v) is 22.4. The SMILES string of the molecule is O=C(Nc1csc(-c2nccn2C2CC2)n1)c1cc(-n2cnc(C3CC3)c2)c(N2CC3(CCOCC3)C2)cn1. The molecule has 4 aromatic heterocycles. The van der Waals surface area contributed by atoms with Gasteiger partial charge in [-0.1, -0.05) is 0 Å². The number of ether oxygens (including phenoxy) is 1. The molecule has 2 saturated heterocycles. The first-order valence-corrected chi connectivity index (χ1v) is 14.7. The molecule has 8 rings (SSSR count). The summed E-state index contributed by atoms with van der Waals surface area (Å²) in [4.78, 5) is 34.1. The molecule has 4 aliphatic rings. The highest BCUT2D eigenvalue weighted by atomic mass is 32.1. The monoisotopic (exact) mass is 542 g/mol. The summed E-state index contributed by atoms with van der Waals surface area (Å²) in [5, 5.41) is 5.61. The lowest BCUT2D eigenvalue weighted by Gasteiger charge is -2.53. The van der Waals surface area contributed by atoms with Crippen molar-refractivity contribution in [2.75, 3.05) is 36.5 Å².